The number of hydrogen-bond donors (Lipinski definition) is 2. The normalized spacial score (nSPS) is 18.8. The van der Waals surface area contributed by atoms with Crippen molar-refractivity contribution >= 4 is 23.9 Å². The van der Waals surface area contributed by atoms with Crippen LogP contribution < -0.4 is 5.73 Å². The van der Waals surface area contributed by atoms with E-state index in [1.54, 1.807) is 0 Å². The summed E-state index contributed by atoms with van der Waals surface area (Å²) in [6.45, 7) is 20.1. The molecule has 0 bridgehead atoms. The molecule has 0 amide bonds. The zero-order valence-corrected chi connectivity index (χ0v) is 27.2. The summed E-state index contributed by atoms with van der Waals surface area (Å²) in [6.07, 6.45) is 0. The molecule has 13 nitrogen and oxygen atoms in total. The Morgan fingerprint density at radius 1 is 0.571 bits per heavy atom. The topological polar surface area (TPSA) is 155 Å². The van der Waals surface area contributed by atoms with Gasteiger partial charge in [0.15, 0.2) is 0 Å². The van der Waals surface area contributed by atoms with Crippen LogP contribution in [0.5, 0.6) is 0 Å². The number of carbonyl (C=O) groups is 4. The maximum Gasteiger partial charge on any atom is 0.321 e. The third-order valence-corrected chi connectivity index (χ3v) is 6.02. The Hall–Kier alpha value is -2.32. The molecule has 0 saturated carbocycles. The van der Waals surface area contributed by atoms with Crippen LogP contribution >= 0.6 is 0 Å². The minimum Gasteiger partial charge on any atom is -0.480 e. The Balaban J connectivity index is 3.20. The van der Waals surface area contributed by atoms with E-state index in [0.29, 0.717) is 52.4 Å². The highest BCUT2D eigenvalue weighted by atomic mass is 16.6. The Morgan fingerprint density at radius 3 is 1.02 bits per heavy atom. The molecule has 1 rings (SSSR count). The SMILES string of the molecule is CC(C)(C)OC(=O)CN1CCN(CC(=O)OC(C)(C)C)CCN(CC(N)C(=O)O)CCN(CC(=O)OC(C)(C)C)CC1. The van der Waals surface area contributed by atoms with Gasteiger partial charge in [0.25, 0.3) is 0 Å². The quantitative estimate of drug-likeness (QED) is 0.281. The number of carbonyl (C=O) groups excluding carboxylic acids is 3. The molecule has 0 aromatic heterocycles. The lowest BCUT2D eigenvalue weighted by molar-refractivity contribution is -0.158. The third-order valence-electron chi connectivity index (χ3n) is 6.02. The monoisotopic (exact) mass is 601 g/mol. The average molecular weight is 602 g/mol. The van der Waals surface area contributed by atoms with Crippen LogP contribution in [0.4, 0.5) is 0 Å². The molecule has 13 heteroatoms. The van der Waals surface area contributed by atoms with Gasteiger partial charge < -0.3 is 25.1 Å². The van der Waals surface area contributed by atoms with Crippen LogP contribution in [0.1, 0.15) is 62.3 Å². The molecule has 1 saturated heterocycles. The smallest absolute Gasteiger partial charge is 0.321 e. The molecular weight excluding hydrogens is 546 g/mol. The molecule has 0 radical (unpaired) electrons. The number of carboxylic acids is 1. The predicted molar refractivity (Wildman–Crippen MR) is 159 cm³/mol. The second-order valence-corrected chi connectivity index (χ2v) is 13.8. The van der Waals surface area contributed by atoms with Crippen LogP contribution in [0.2, 0.25) is 0 Å². The van der Waals surface area contributed by atoms with Crippen LogP contribution in [-0.4, -0.2) is 150 Å². The molecule has 1 aliphatic rings. The van der Waals surface area contributed by atoms with Gasteiger partial charge in [-0.25, -0.2) is 0 Å². The van der Waals surface area contributed by atoms with Gasteiger partial charge in [-0.1, -0.05) is 0 Å². The molecule has 3 N–H and O–H groups in total. The lowest BCUT2D eigenvalue weighted by atomic mass is 10.2. The fourth-order valence-electron chi connectivity index (χ4n) is 4.26. The maximum absolute atomic E-state index is 12.7. The average Bonchev–Trinajstić information content (AvgIpc) is 2.76. The highest BCUT2D eigenvalue weighted by Crippen LogP contribution is 2.11. The van der Waals surface area contributed by atoms with Crippen LogP contribution in [-0.2, 0) is 33.4 Å². The lowest BCUT2D eigenvalue weighted by Crippen LogP contribution is -2.51. The number of esters is 3. The van der Waals surface area contributed by atoms with Crippen LogP contribution in [0.25, 0.3) is 0 Å². The molecular formula is C29H55N5O8. The molecule has 0 spiro atoms. The van der Waals surface area contributed by atoms with E-state index in [1.807, 2.05) is 81.9 Å². The van der Waals surface area contributed by atoms with E-state index in [4.69, 9.17) is 19.9 Å². The second-order valence-electron chi connectivity index (χ2n) is 13.8. The highest BCUT2D eigenvalue weighted by Gasteiger charge is 2.26. The van der Waals surface area contributed by atoms with Crippen molar-refractivity contribution in [1.29, 1.82) is 0 Å². The Morgan fingerprint density at radius 2 is 0.810 bits per heavy atom. The van der Waals surface area contributed by atoms with Crippen molar-refractivity contribution in [3.05, 3.63) is 0 Å². The van der Waals surface area contributed by atoms with E-state index in [-0.39, 0.29) is 44.1 Å². The van der Waals surface area contributed by atoms with Gasteiger partial charge in [0.2, 0.25) is 0 Å². The minimum atomic E-state index is -1.10. The Bertz CT molecular complexity index is 848. The van der Waals surface area contributed by atoms with Gasteiger partial charge in [-0.3, -0.25) is 38.8 Å². The number of aliphatic carboxylic acids is 1. The van der Waals surface area contributed by atoms with Gasteiger partial charge in [0.05, 0.1) is 19.6 Å². The van der Waals surface area contributed by atoms with Crippen molar-refractivity contribution in [3.8, 4) is 0 Å². The zero-order chi connectivity index (χ0) is 32.3. The zero-order valence-electron chi connectivity index (χ0n) is 27.2. The molecule has 1 heterocycles. The molecule has 0 aromatic carbocycles. The molecule has 244 valence electrons. The first kappa shape index (κ1) is 37.7. The predicted octanol–water partition coefficient (Wildman–Crippen LogP) is 0.645. The summed E-state index contributed by atoms with van der Waals surface area (Å²) in [5.41, 5.74) is 3.97. The van der Waals surface area contributed by atoms with Gasteiger partial charge in [-0.2, -0.15) is 0 Å². The van der Waals surface area contributed by atoms with Crippen LogP contribution in [0.3, 0.4) is 0 Å². The molecule has 42 heavy (non-hydrogen) atoms. The molecule has 1 fully saturated rings. The van der Waals surface area contributed by atoms with E-state index >= 15 is 0 Å². The first-order valence-corrected chi connectivity index (χ1v) is 14.7. The second kappa shape index (κ2) is 16.5. The van der Waals surface area contributed by atoms with Gasteiger partial charge in [0, 0.05) is 58.9 Å². The molecule has 1 unspecified atom stereocenters. The number of carboxylic acid groups (broad SMARTS) is 1. The Labute approximate surface area is 251 Å². The van der Waals surface area contributed by atoms with Crippen molar-refractivity contribution < 1.29 is 38.5 Å². The number of nitrogens with zero attached hydrogens (tertiary/aromatic N) is 4. The van der Waals surface area contributed by atoms with Crippen LogP contribution in [0, 0.1) is 0 Å². The third kappa shape index (κ3) is 18.3. The highest BCUT2D eigenvalue weighted by molar-refractivity contribution is 5.74. The molecule has 0 aromatic rings. The summed E-state index contributed by atoms with van der Waals surface area (Å²) in [6, 6.07) is -1.08. The fraction of sp³-hybridized carbons (Fsp3) is 0.862. The van der Waals surface area contributed by atoms with Crippen molar-refractivity contribution in [2.45, 2.75) is 85.2 Å². The van der Waals surface area contributed by atoms with Crippen molar-refractivity contribution in [3.63, 3.8) is 0 Å². The minimum absolute atomic E-state index is 0.0428. The summed E-state index contributed by atoms with van der Waals surface area (Å²) >= 11 is 0. The summed E-state index contributed by atoms with van der Waals surface area (Å²) in [7, 11) is 0. The maximum atomic E-state index is 12.7. The van der Waals surface area contributed by atoms with Crippen molar-refractivity contribution in [2.24, 2.45) is 5.73 Å². The first-order chi connectivity index (χ1) is 19.1. The van der Waals surface area contributed by atoms with Crippen molar-refractivity contribution in [2.75, 3.05) is 78.5 Å². The molecule has 1 aliphatic heterocycles. The van der Waals surface area contributed by atoms with Gasteiger partial charge in [-0.15, -0.1) is 0 Å². The van der Waals surface area contributed by atoms with E-state index < -0.39 is 28.8 Å². The lowest BCUT2D eigenvalue weighted by Gasteiger charge is -2.34. The Kier molecular flexibility index (Phi) is 14.8. The molecule has 1 atom stereocenters. The summed E-state index contributed by atoms with van der Waals surface area (Å²) in [4.78, 5) is 57.4. The van der Waals surface area contributed by atoms with Crippen LogP contribution in [0.15, 0.2) is 0 Å². The number of rotatable bonds is 9. The summed E-state index contributed by atoms with van der Waals surface area (Å²) in [5, 5.41) is 9.41. The van der Waals surface area contributed by atoms with E-state index in [1.165, 1.54) is 0 Å². The standard InChI is InChI=1S/C29H55N5O8/c1-27(2,3)40-23(35)19-32-12-10-31(18-22(30)26(38)39)11-13-33(20-24(36)41-28(4,5)6)15-17-34(16-14-32)21-25(37)42-29(7,8)9/h22H,10-21,30H2,1-9H3,(H,38,39). The number of ether oxygens (including phenoxy) is 3. The number of nitrogens with two attached hydrogens (primary N) is 1. The van der Waals surface area contributed by atoms with Gasteiger partial charge in [0.1, 0.15) is 22.8 Å². The molecule has 0 aliphatic carbocycles. The van der Waals surface area contributed by atoms with E-state index in [9.17, 15) is 24.3 Å². The first-order valence-electron chi connectivity index (χ1n) is 14.7. The largest absolute Gasteiger partial charge is 0.480 e. The summed E-state index contributed by atoms with van der Waals surface area (Å²) < 4.78 is 16.6. The van der Waals surface area contributed by atoms with Gasteiger partial charge >= 0.3 is 23.9 Å². The van der Waals surface area contributed by atoms with Gasteiger partial charge in [-0.05, 0) is 62.3 Å². The van der Waals surface area contributed by atoms with E-state index in [2.05, 4.69) is 0 Å². The fourth-order valence-corrected chi connectivity index (χ4v) is 4.26. The number of hydrogen-bond acceptors (Lipinski definition) is 12. The summed E-state index contributed by atoms with van der Waals surface area (Å²) in [5.74, 6) is -2.20. The van der Waals surface area contributed by atoms with Crippen molar-refractivity contribution in [1.82, 2.24) is 19.6 Å². The van der Waals surface area contributed by atoms with E-state index in [0.717, 1.165) is 0 Å².